The van der Waals surface area contributed by atoms with Gasteiger partial charge in [0, 0.05) is 16.2 Å². The van der Waals surface area contributed by atoms with Crippen LogP contribution in [0.25, 0.3) is 0 Å². The standard InChI is InChI=1S/C46H64O6/c47-38(50-25-41-10-28-1-29(11-41)3-30(2-28)12-41)44-19-37-20-45(22-44,39(48)51-26-42-13-31-4-32(14-42)6-33(5-31)15-42)24-46(21-37,23-44)40(49)52-27-43-16-34-7-35(17-43)9-36(8-34)18-43/h28-37H,1-27H2. The van der Waals surface area contributed by atoms with E-state index in [2.05, 4.69) is 0 Å². The topological polar surface area (TPSA) is 78.9 Å². The second-order valence-corrected chi connectivity index (χ2v) is 23.8. The summed E-state index contributed by atoms with van der Waals surface area (Å²) in [5.74, 6) is 7.11. The lowest BCUT2D eigenvalue weighted by Crippen LogP contribution is -2.64. The average Bonchev–Trinajstić information content (AvgIpc) is 3.06. The van der Waals surface area contributed by atoms with Gasteiger partial charge < -0.3 is 14.2 Å². The van der Waals surface area contributed by atoms with E-state index in [0.717, 1.165) is 72.5 Å². The molecule has 0 atom stereocenters. The van der Waals surface area contributed by atoms with Gasteiger partial charge in [0.25, 0.3) is 0 Å². The highest BCUT2D eigenvalue weighted by Crippen LogP contribution is 2.72. The van der Waals surface area contributed by atoms with Crippen molar-refractivity contribution in [1.29, 1.82) is 0 Å². The van der Waals surface area contributed by atoms with Gasteiger partial charge in [-0.25, -0.2) is 0 Å². The molecule has 0 saturated heterocycles. The van der Waals surface area contributed by atoms with E-state index in [1.807, 2.05) is 0 Å². The quantitative estimate of drug-likeness (QED) is 0.175. The summed E-state index contributed by atoms with van der Waals surface area (Å²) in [4.78, 5) is 44.3. The summed E-state index contributed by atoms with van der Waals surface area (Å²) in [6, 6.07) is 0. The van der Waals surface area contributed by atoms with Gasteiger partial charge in [-0.3, -0.25) is 14.4 Å². The molecule has 0 aliphatic heterocycles. The van der Waals surface area contributed by atoms with Gasteiger partial charge in [0.15, 0.2) is 0 Å². The second kappa shape index (κ2) is 10.8. The summed E-state index contributed by atoms with van der Waals surface area (Å²) in [7, 11) is 0. The molecule has 16 aliphatic rings. The van der Waals surface area contributed by atoms with Crippen molar-refractivity contribution in [2.24, 2.45) is 91.7 Å². The first-order valence-electron chi connectivity index (χ1n) is 22.5. The number of carbonyl (C=O) groups excluding carboxylic acids is 3. The molecule has 0 aromatic heterocycles. The van der Waals surface area contributed by atoms with Gasteiger partial charge in [-0.15, -0.1) is 0 Å². The molecular formula is C46H64O6. The first-order chi connectivity index (χ1) is 25.0. The summed E-state index contributed by atoms with van der Waals surface area (Å²) < 4.78 is 19.7. The molecule has 284 valence electrons. The molecule has 16 saturated carbocycles. The van der Waals surface area contributed by atoms with Crippen molar-refractivity contribution in [2.45, 2.75) is 154 Å². The maximum atomic E-state index is 14.8. The van der Waals surface area contributed by atoms with E-state index >= 15 is 0 Å². The van der Waals surface area contributed by atoms with Crippen LogP contribution in [0.5, 0.6) is 0 Å². The lowest BCUT2D eigenvalue weighted by Gasteiger charge is -2.63. The van der Waals surface area contributed by atoms with E-state index in [9.17, 15) is 14.4 Å². The van der Waals surface area contributed by atoms with Crippen molar-refractivity contribution in [1.82, 2.24) is 0 Å². The van der Waals surface area contributed by atoms with Crippen molar-refractivity contribution in [3.05, 3.63) is 0 Å². The van der Waals surface area contributed by atoms with E-state index < -0.39 is 16.2 Å². The molecule has 16 fully saturated rings. The van der Waals surface area contributed by atoms with Crippen LogP contribution >= 0.6 is 0 Å². The number of carbonyl (C=O) groups is 3. The third kappa shape index (κ3) is 4.94. The van der Waals surface area contributed by atoms with Gasteiger partial charge in [0.05, 0.1) is 36.1 Å². The van der Waals surface area contributed by atoms with Crippen LogP contribution in [-0.2, 0) is 28.6 Å². The van der Waals surface area contributed by atoms with Gasteiger partial charge in [-0.2, -0.15) is 0 Å². The van der Waals surface area contributed by atoms with Crippen LogP contribution in [-0.4, -0.2) is 37.7 Å². The molecule has 6 heteroatoms. The molecule has 52 heavy (non-hydrogen) atoms. The Morgan fingerprint density at radius 3 is 0.750 bits per heavy atom. The number of hydrogen-bond acceptors (Lipinski definition) is 6. The van der Waals surface area contributed by atoms with Gasteiger partial charge in [0.1, 0.15) is 0 Å². The van der Waals surface area contributed by atoms with Crippen LogP contribution in [0.3, 0.4) is 0 Å². The zero-order valence-corrected chi connectivity index (χ0v) is 31.8. The van der Waals surface area contributed by atoms with Crippen molar-refractivity contribution in [2.75, 3.05) is 19.8 Å². The Morgan fingerprint density at radius 1 is 0.327 bits per heavy atom. The highest BCUT2D eigenvalue weighted by molar-refractivity contribution is 5.88. The minimum absolute atomic E-state index is 0.108. The molecule has 16 rings (SSSR count). The lowest BCUT2D eigenvalue weighted by atomic mass is 9.39. The normalized spacial score (nSPS) is 56.3. The molecule has 16 bridgehead atoms. The molecule has 0 heterocycles. The number of esters is 3. The maximum Gasteiger partial charge on any atom is 0.312 e. The van der Waals surface area contributed by atoms with Crippen LogP contribution in [0.15, 0.2) is 0 Å². The van der Waals surface area contributed by atoms with Gasteiger partial charge in [-0.1, -0.05) is 0 Å². The molecule has 0 amide bonds. The van der Waals surface area contributed by atoms with Crippen molar-refractivity contribution < 1.29 is 28.6 Å². The monoisotopic (exact) mass is 712 g/mol. The largest absolute Gasteiger partial charge is 0.465 e. The fourth-order valence-corrected chi connectivity index (χ4v) is 19.6. The molecule has 6 nitrogen and oxygen atoms in total. The van der Waals surface area contributed by atoms with Gasteiger partial charge >= 0.3 is 17.9 Å². The highest BCUT2D eigenvalue weighted by Gasteiger charge is 2.72. The van der Waals surface area contributed by atoms with Crippen molar-refractivity contribution in [3.8, 4) is 0 Å². The Morgan fingerprint density at radius 2 is 0.538 bits per heavy atom. The fraction of sp³-hybridized carbons (Fsp3) is 0.935. The minimum atomic E-state index is -0.791. The summed E-state index contributed by atoms with van der Waals surface area (Å²) in [5.41, 5.74) is -1.93. The Hall–Kier alpha value is -1.59. The summed E-state index contributed by atoms with van der Waals surface area (Å²) in [6.45, 7) is 1.61. The number of rotatable bonds is 9. The molecule has 0 aromatic carbocycles. The van der Waals surface area contributed by atoms with Crippen LogP contribution in [0.4, 0.5) is 0 Å². The molecular weight excluding hydrogens is 648 g/mol. The van der Waals surface area contributed by atoms with Gasteiger partial charge in [0.2, 0.25) is 0 Å². The third-order valence-electron chi connectivity index (χ3n) is 19.4. The SMILES string of the molecule is O=C(OCC12CC3CC(CC(C3)C1)C2)C12CC3CC(C(=O)OCC45CC6CC(CC(C6)C4)C5)(C1)CC(C(=O)OCC14CC5CC(CC(C5)C1)C4)(C3)C2. The molecule has 0 aromatic rings. The molecule has 0 unspecified atom stereocenters. The molecule has 0 spiro atoms. The zero-order valence-electron chi connectivity index (χ0n) is 31.8. The number of ether oxygens (including phenoxy) is 3. The Labute approximate surface area is 311 Å². The fourth-order valence-electron chi connectivity index (χ4n) is 19.6. The Balaban J connectivity index is 0.813. The molecule has 0 radical (unpaired) electrons. The summed E-state index contributed by atoms with van der Waals surface area (Å²) in [5, 5.41) is 0. The summed E-state index contributed by atoms with van der Waals surface area (Å²) in [6.07, 6.45) is 27.0. The van der Waals surface area contributed by atoms with E-state index in [1.54, 1.807) is 0 Å². The van der Waals surface area contributed by atoms with Crippen LogP contribution < -0.4 is 0 Å². The van der Waals surface area contributed by atoms with Crippen LogP contribution in [0, 0.1) is 91.7 Å². The average molecular weight is 713 g/mol. The summed E-state index contributed by atoms with van der Waals surface area (Å²) >= 11 is 0. The predicted octanol–water partition coefficient (Wildman–Crippen LogP) is 9.22. The minimum Gasteiger partial charge on any atom is -0.465 e. The Bertz CT molecular complexity index is 1260. The third-order valence-corrected chi connectivity index (χ3v) is 19.4. The first-order valence-corrected chi connectivity index (χ1v) is 22.5. The van der Waals surface area contributed by atoms with E-state index in [-0.39, 0.29) is 40.1 Å². The van der Waals surface area contributed by atoms with E-state index in [0.29, 0.717) is 39.1 Å². The molecule has 0 N–H and O–H groups in total. The maximum absolute atomic E-state index is 14.8. The van der Waals surface area contributed by atoms with Crippen LogP contribution in [0.1, 0.15) is 154 Å². The van der Waals surface area contributed by atoms with Crippen molar-refractivity contribution in [3.63, 3.8) is 0 Å². The van der Waals surface area contributed by atoms with Gasteiger partial charge in [-0.05, 0) is 213 Å². The zero-order chi connectivity index (χ0) is 34.7. The molecule has 16 aliphatic carbocycles. The number of hydrogen-bond donors (Lipinski definition) is 0. The second-order valence-electron chi connectivity index (χ2n) is 23.8. The Kier molecular flexibility index (Phi) is 6.80. The lowest BCUT2D eigenvalue weighted by molar-refractivity contribution is -0.222. The first kappa shape index (κ1) is 32.6. The van der Waals surface area contributed by atoms with E-state index in [4.69, 9.17) is 14.2 Å². The smallest absolute Gasteiger partial charge is 0.312 e. The predicted molar refractivity (Wildman–Crippen MR) is 193 cm³/mol. The van der Waals surface area contributed by atoms with Crippen molar-refractivity contribution >= 4 is 17.9 Å². The van der Waals surface area contributed by atoms with E-state index in [1.165, 1.54) is 116 Å². The van der Waals surface area contributed by atoms with Crippen LogP contribution in [0.2, 0.25) is 0 Å². The highest BCUT2D eigenvalue weighted by atomic mass is 16.5.